The number of hydrogen-bond donors (Lipinski definition) is 1. The molecule has 106 valence electrons. The standard InChI is InChI=1S/C14H14BrNO3S/c15-13-6-1-2-7-14(13)20(17,18)9-8-19-12-5-3-4-11(16)10-12/h1-7,10H,8-9,16H2. The Balaban J connectivity index is 2.02. The second kappa shape index (κ2) is 6.28. The second-order valence-electron chi connectivity index (χ2n) is 4.17. The Morgan fingerprint density at radius 2 is 1.85 bits per heavy atom. The van der Waals surface area contributed by atoms with Gasteiger partial charge in [0.1, 0.15) is 12.4 Å². The van der Waals surface area contributed by atoms with Crippen molar-refractivity contribution in [2.24, 2.45) is 0 Å². The maximum absolute atomic E-state index is 12.2. The van der Waals surface area contributed by atoms with Gasteiger partial charge in [0.15, 0.2) is 9.84 Å². The second-order valence-corrected chi connectivity index (χ2v) is 7.10. The molecule has 0 spiro atoms. The van der Waals surface area contributed by atoms with Crippen molar-refractivity contribution in [1.82, 2.24) is 0 Å². The topological polar surface area (TPSA) is 69.4 Å². The number of nitrogen functional groups attached to an aromatic ring is 1. The van der Waals surface area contributed by atoms with Gasteiger partial charge in [-0.2, -0.15) is 0 Å². The minimum absolute atomic E-state index is 0.0765. The Kier molecular flexibility index (Phi) is 4.67. The molecule has 2 aromatic rings. The summed E-state index contributed by atoms with van der Waals surface area (Å²) in [5.74, 6) is 0.469. The van der Waals surface area contributed by atoms with E-state index < -0.39 is 9.84 Å². The molecule has 20 heavy (non-hydrogen) atoms. The molecule has 6 heteroatoms. The van der Waals surface area contributed by atoms with Gasteiger partial charge in [0.05, 0.1) is 10.6 Å². The molecule has 0 saturated heterocycles. The molecular formula is C14H14BrNO3S. The van der Waals surface area contributed by atoms with E-state index in [2.05, 4.69) is 15.9 Å². The summed E-state index contributed by atoms with van der Waals surface area (Å²) in [6, 6.07) is 13.6. The highest BCUT2D eigenvalue weighted by atomic mass is 79.9. The maximum Gasteiger partial charge on any atom is 0.182 e. The lowest BCUT2D eigenvalue weighted by Gasteiger charge is -2.08. The summed E-state index contributed by atoms with van der Waals surface area (Å²) < 4.78 is 30.3. The molecule has 0 atom stereocenters. The first-order valence-electron chi connectivity index (χ1n) is 5.95. The van der Waals surface area contributed by atoms with E-state index in [9.17, 15) is 8.42 Å². The third kappa shape index (κ3) is 3.74. The van der Waals surface area contributed by atoms with Crippen LogP contribution >= 0.6 is 15.9 Å². The van der Waals surface area contributed by atoms with Crippen molar-refractivity contribution in [3.63, 3.8) is 0 Å². The summed E-state index contributed by atoms with van der Waals surface area (Å²) >= 11 is 3.24. The quantitative estimate of drug-likeness (QED) is 0.837. The van der Waals surface area contributed by atoms with Crippen LogP contribution in [-0.2, 0) is 9.84 Å². The van der Waals surface area contributed by atoms with Crippen LogP contribution in [-0.4, -0.2) is 20.8 Å². The molecule has 0 fully saturated rings. The van der Waals surface area contributed by atoms with Crippen LogP contribution in [0.25, 0.3) is 0 Å². The van der Waals surface area contributed by atoms with Gasteiger partial charge >= 0.3 is 0 Å². The highest BCUT2D eigenvalue weighted by Gasteiger charge is 2.17. The summed E-state index contributed by atoms with van der Waals surface area (Å²) in [5, 5.41) is 0. The summed E-state index contributed by atoms with van der Waals surface area (Å²) in [4.78, 5) is 0.274. The van der Waals surface area contributed by atoms with Crippen molar-refractivity contribution in [3.05, 3.63) is 53.0 Å². The van der Waals surface area contributed by atoms with Crippen LogP contribution in [0.2, 0.25) is 0 Å². The van der Waals surface area contributed by atoms with Gasteiger partial charge in [0.25, 0.3) is 0 Å². The third-order valence-corrected chi connectivity index (χ3v) is 5.33. The molecule has 0 unspecified atom stereocenters. The number of sulfone groups is 1. The Bertz CT molecular complexity index is 701. The van der Waals surface area contributed by atoms with Gasteiger partial charge in [-0.15, -0.1) is 0 Å². The van der Waals surface area contributed by atoms with Gasteiger partial charge in [-0.25, -0.2) is 8.42 Å². The average Bonchev–Trinajstić information content (AvgIpc) is 2.39. The van der Waals surface area contributed by atoms with E-state index in [4.69, 9.17) is 10.5 Å². The van der Waals surface area contributed by atoms with Crippen molar-refractivity contribution in [2.45, 2.75) is 4.90 Å². The van der Waals surface area contributed by atoms with Crippen LogP contribution in [0, 0.1) is 0 Å². The molecule has 2 rings (SSSR count). The minimum atomic E-state index is -3.37. The molecule has 2 aromatic carbocycles. The number of rotatable bonds is 5. The first kappa shape index (κ1) is 14.9. The number of nitrogens with two attached hydrogens (primary N) is 1. The van der Waals surface area contributed by atoms with Crippen molar-refractivity contribution >= 4 is 31.5 Å². The Labute approximate surface area is 126 Å². The van der Waals surface area contributed by atoms with E-state index in [0.717, 1.165) is 0 Å². The number of halogens is 1. The lowest BCUT2D eigenvalue weighted by atomic mass is 10.3. The molecule has 0 aliphatic carbocycles. The smallest absolute Gasteiger partial charge is 0.182 e. The summed E-state index contributed by atoms with van der Waals surface area (Å²) in [6.45, 7) is 0.0765. The monoisotopic (exact) mass is 355 g/mol. The maximum atomic E-state index is 12.2. The van der Waals surface area contributed by atoms with Crippen LogP contribution in [0.5, 0.6) is 5.75 Å². The van der Waals surface area contributed by atoms with Gasteiger partial charge < -0.3 is 10.5 Å². The van der Waals surface area contributed by atoms with E-state index in [-0.39, 0.29) is 17.3 Å². The molecule has 4 nitrogen and oxygen atoms in total. The van der Waals surface area contributed by atoms with Gasteiger partial charge in [-0.05, 0) is 40.2 Å². The normalized spacial score (nSPS) is 11.2. The summed E-state index contributed by atoms with van der Waals surface area (Å²) in [6.07, 6.45) is 0. The first-order valence-corrected chi connectivity index (χ1v) is 8.39. The molecule has 0 saturated carbocycles. The fourth-order valence-electron chi connectivity index (χ4n) is 1.68. The zero-order valence-corrected chi connectivity index (χ0v) is 13.0. The molecule has 0 radical (unpaired) electrons. The predicted octanol–water partition coefficient (Wildman–Crippen LogP) is 2.88. The molecule has 0 bridgehead atoms. The van der Waals surface area contributed by atoms with Crippen LogP contribution in [0.4, 0.5) is 5.69 Å². The molecule has 0 aliphatic heterocycles. The molecule has 0 heterocycles. The van der Waals surface area contributed by atoms with E-state index in [1.54, 1.807) is 48.5 Å². The predicted molar refractivity (Wildman–Crippen MR) is 82.5 cm³/mol. The van der Waals surface area contributed by atoms with Crippen molar-refractivity contribution in [1.29, 1.82) is 0 Å². The van der Waals surface area contributed by atoms with E-state index in [1.165, 1.54) is 0 Å². The first-order chi connectivity index (χ1) is 9.49. The Morgan fingerprint density at radius 3 is 2.55 bits per heavy atom. The minimum Gasteiger partial charge on any atom is -0.492 e. The zero-order chi connectivity index (χ0) is 14.6. The molecule has 0 amide bonds. The summed E-state index contributed by atoms with van der Waals surface area (Å²) in [5.41, 5.74) is 6.20. The number of ether oxygens (including phenoxy) is 1. The summed E-state index contributed by atoms with van der Waals surface area (Å²) in [7, 11) is -3.37. The number of hydrogen-bond acceptors (Lipinski definition) is 4. The van der Waals surface area contributed by atoms with Gasteiger partial charge in [-0.3, -0.25) is 0 Å². The largest absolute Gasteiger partial charge is 0.492 e. The van der Waals surface area contributed by atoms with Crippen molar-refractivity contribution < 1.29 is 13.2 Å². The van der Waals surface area contributed by atoms with Crippen LogP contribution in [0.3, 0.4) is 0 Å². The fourth-order valence-corrected chi connectivity index (χ4v) is 3.88. The Hall–Kier alpha value is -1.53. The van der Waals surface area contributed by atoms with Gasteiger partial charge in [0.2, 0.25) is 0 Å². The zero-order valence-electron chi connectivity index (χ0n) is 10.6. The SMILES string of the molecule is Nc1cccc(OCCS(=O)(=O)c2ccccc2Br)c1. The van der Waals surface area contributed by atoms with E-state index >= 15 is 0 Å². The van der Waals surface area contributed by atoms with Crippen LogP contribution in [0.15, 0.2) is 57.9 Å². The third-order valence-electron chi connectivity index (χ3n) is 2.65. The lowest BCUT2D eigenvalue weighted by Crippen LogP contribution is -2.14. The molecular weight excluding hydrogens is 342 g/mol. The highest BCUT2D eigenvalue weighted by Crippen LogP contribution is 2.22. The Morgan fingerprint density at radius 1 is 1.10 bits per heavy atom. The van der Waals surface area contributed by atoms with Crippen LogP contribution < -0.4 is 10.5 Å². The lowest BCUT2D eigenvalue weighted by molar-refractivity contribution is 0.341. The van der Waals surface area contributed by atoms with Gasteiger partial charge in [0, 0.05) is 16.2 Å². The van der Waals surface area contributed by atoms with E-state index in [0.29, 0.717) is 15.9 Å². The van der Waals surface area contributed by atoms with Crippen molar-refractivity contribution in [3.8, 4) is 5.75 Å². The number of anilines is 1. The molecule has 0 aliphatic rings. The number of benzene rings is 2. The fraction of sp³-hybridized carbons (Fsp3) is 0.143. The van der Waals surface area contributed by atoms with Crippen LogP contribution in [0.1, 0.15) is 0 Å². The van der Waals surface area contributed by atoms with Crippen molar-refractivity contribution in [2.75, 3.05) is 18.1 Å². The molecule has 2 N–H and O–H groups in total. The van der Waals surface area contributed by atoms with E-state index in [1.807, 2.05) is 0 Å². The molecule has 0 aromatic heterocycles. The average molecular weight is 356 g/mol. The van der Waals surface area contributed by atoms with Gasteiger partial charge in [-0.1, -0.05) is 18.2 Å². The highest BCUT2D eigenvalue weighted by molar-refractivity contribution is 9.10.